The van der Waals surface area contributed by atoms with Gasteiger partial charge in [0.1, 0.15) is 6.54 Å². The molecule has 0 aliphatic carbocycles. The van der Waals surface area contributed by atoms with E-state index in [1.54, 1.807) is 12.1 Å². The largest absolute Gasteiger partial charge is 0.595 e. The summed E-state index contributed by atoms with van der Waals surface area (Å²) in [6.45, 7) is 7.05. The molecule has 1 aromatic carbocycles. The van der Waals surface area contributed by atoms with E-state index in [0.717, 1.165) is 29.7 Å². The Balaban J connectivity index is 0.00000256. The number of para-hydroxylation sites is 1. The zero-order valence-electron chi connectivity index (χ0n) is 10.6. The van der Waals surface area contributed by atoms with Crippen molar-refractivity contribution in [2.45, 2.75) is 20.4 Å². The Hall–Kier alpha value is -0.650. The number of hydrogen-bond donors (Lipinski definition) is 2. The minimum Gasteiger partial charge on any atom is -0.595 e. The van der Waals surface area contributed by atoms with Gasteiger partial charge in [-0.05, 0) is 19.9 Å². The highest BCUT2D eigenvalue weighted by molar-refractivity contribution is 5.85. The average molecular weight is 262 g/mol. The molecule has 0 radical (unpaired) electrons. The molecule has 1 aromatic rings. The van der Waals surface area contributed by atoms with E-state index < -0.39 is 5.23 Å². The van der Waals surface area contributed by atoms with E-state index in [4.69, 9.17) is 5.21 Å². The number of rotatable bonds is 5. The molecule has 1 atom stereocenters. The number of hydrogen-bond acceptors (Lipinski definition) is 2. The molecule has 0 saturated carbocycles. The molecule has 0 amide bonds. The Bertz CT molecular complexity index is 341. The maximum absolute atomic E-state index is 11.1. The van der Waals surface area contributed by atoms with Gasteiger partial charge < -0.3 is 9.69 Å². The van der Waals surface area contributed by atoms with E-state index in [9.17, 15) is 5.21 Å². The predicted octanol–water partition coefficient (Wildman–Crippen LogP) is 1.50. The number of quaternary nitrogens is 2. The fourth-order valence-electron chi connectivity index (χ4n) is 1.73. The highest BCUT2D eigenvalue weighted by Crippen LogP contribution is 2.16. The van der Waals surface area contributed by atoms with Crippen LogP contribution in [0.25, 0.3) is 0 Å². The normalized spacial score (nSPS) is 13.0. The van der Waals surface area contributed by atoms with Crippen LogP contribution in [0.1, 0.15) is 19.4 Å². The van der Waals surface area contributed by atoms with E-state index >= 15 is 0 Å². The molecular weight excluding hydrogens is 240 g/mol. The Labute approximate surface area is 109 Å². The van der Waals surface area contributed by atoms with Gasteiger partial charge in [0, 0.05) is 6.07 Å². The molecule has 0 aliphatic rings. The van der Waals surface area contributed by atoms with Crippen LogP contribution < -0.4 is 5.23 Å². The summed E-state index contributed by atoms with van der Waals surface area (Å²) >= 11 is 0. The van der Waals surface area contributed by atoms with Crippen molar-refractivity contribution in [3.8, 4) is 0 Å². The van der Waals surface area contributed by atoms with Crippen molar-refractivity contribution >= 4 is 18.1 Å². The standard InChI is InChI=1S/C12H21N2O2.ClH/c1-4-14(3,5-2)10-11-8-6-7-9-12(11)13(15)16;/h6-9,13,15H,4-5,10H2,1-3H3;1H/q+1;. The molecule has 98 valence electrons. The molecule has 0 fully saturated rings. The molecular formula is C12H22ClN2O2+. The van der Waals surface area contributed by atoms with E-state index in [1.165, 1.54) is 0 Å². The molecule has 0 spiro atoms. The van der Waals surface area contributed by atoms with Crippen molar-refractivity contribution in [1.82, 2.24) is 0 Å². The highest BCUT2D eigenvalue weighted by Gasteiger charge is 2.21. The van der Waals surface area contributed by atoms with Gasteiger partial charge in [-0.25, -0.2) is 5.21 Å². The van der Waals surface area contributed by atoms with Crippen LogP contribution in [0.15, 0.2) is 24.3 Å². The SMILES string of the molecule is CC[N+](C)(CC)Cc1ccccc1[NH+]([O-])O.Cl. The molecule has 1 unspecified atom stereocenters. The maximum Gasteiger partial charge on any atom is 0.172 e. The smallest absolute Gasteiger partial charge is 0.172 e. The van der Waals surface area contributed by atoms with Gasteiger partial charge in [-0.2, -0.15) is 5.23 Å². The first-order valence-corrected chi connectivity index (χ1v) is 5.67. The first-order valence-electron chi connectivity index (χ1n) is 5.67. The molecule has 2 N–H and O–H groups in total. The zero-order chi connectivity index (χ0) is 12.2. The van der Waals surface area contributed by atoms with Crippen LogP contribution in [0.2, 0.25) is 0 Å². The number of halogens is 1. The third-order valence-corrected chi connectivity index (χ3v) is 3.33. The van der Waals surface area contributed by atoms with Gasteiger partial charge in [0.05, 0.1) is 25.7 Å². The molecule has 17 heavy (non-hydrogen) atoms. The van der Waals surface area contributed by atoms with Crippen LogP contribution in [-0.2, 0) is 6.54 Å². The molecule has 0 heterocycles. The van der Waals surface area contributed by atoms with Gasteiger partial charge in [-0.3, -0.25) is 0 Å². The Morgan fingerprint density at radius 2 is 1.76 bits per heavy atom. The Morgan fingerprint density at radius 1 is 1.24 bits per heavy atom. The van der Waals surface area contributed by atoms with E-state index in [0.29, 0.717) is 5.69 Å². The van der Waals surface area contributed by atoms with E-state index in [-0.39, 0.29) is 12.4 Å². The van der Waals surface area contributed by atoms with Crippen LogP contribution in [0, 0.1) is 5.21 Å². The monoisotopic (exact) mass is 261 g/mol. The lowest BCUT2D eigenvalue weighted by Gasteiger charge is -2.32. The van der Waals surface area contributed by atoms with Gasteiger partial charge in [0.2, 0.25) is 0 Å². The number of nitrogens with zero attached hydrogens (tertiary/aromatic N) is 1. The van der Waals surface area contributed by atoms with E-state index in [1.807, 2.05) is 12.1 Å². The Kier molecular flexibility index (Phi) is 6.67. The van der Waals surface area contributed by atoms with Crippen molar-refractivity contribution in [2.24, 2.45) is 0 Å². The predicted molar refractivity (Wildman–Crippen MR) is 70.4 cm³/mol. The first kappa shape index (κ1) is 16.4. The van der Waals surface area contributed by atoms with E-state index in [2.05, 4.69) is 20.9 Å². The molecule has 0 saturated heterocycles. The van der Waals surface area contributed by atoms with Gasteiger partial charge >= 0.3 is 0 Å². The minimum absolute atomic E-state index is 0. The van der Waals surface area contributed by atoms with Crippen molar-refractivity contribution in [3.63, 3.8) is 0 Å². The molecule has 1 rings (SSSR count). The summed E-state index contributed by atoms with van der Waals surface area (Å²) in [5.41, 5.74) is 1.34. The fourth-order valence-corrected chi connectivity index (χ4v) is 1.73. The molecule has 5 heteroatoms. The second-order valence-corrected chi connectivity index (χ2v) is 4.37. The van der Waals surface area contributed by atoms with Crippen LogP contribution in [0.5, 0.6) is 0 Å². The summed E-state index contributed by atoms with van der Waals surface area (Å²) < 4.78 is 0.865. The molecule has 0 aromatic heterocycles. The fraction of sp³-hybridized carbons (Fsp3) is 0.500. The summed E-state index contributed by atoms with van der Waals surface area (Å²) in [6.07, 6.45) is 0. The first-order chi connectivity index (χ1) is 7.52. The lowest BCUT2D eigenvalue weighted by Crippen LogP contribution is -2.99. The maximum atomic E-state index is 11.1. The average Bonchev–Trinajstić information content (AvgIpc) is 2.29. The van der Waals surface area contributed by atoms with Gasteiger partial charge in [0.15, 0.2) is 5.69 Å². The van der Waals surface area contributed by atoms with Crippen molar-refractivity contribution in [2.75, 3.05) is 20.1 Å². The van der Waals surface area contributed by atoms with Crippen LogP contribution in [-0.4, -0.2) is 29.8 Å². The summed E-state index contributed by atoms with van der Waals surface area (Å²) in [5.74, 6) is 0. The highest BCUT2D eigenvalue weighted by atomic mass is 35.5. The number of benzene rings is 1. The molecule has 0 aliphatic heterocycles. The lowest BCUT2D eigenvalue weighted by molar-refractivity contribution is -0.992. The summed E-state index contributed by atoms with van der Waals surface area (Å²) in [4.78, 5) is 0. The molecule has 0 bridgehead atoms. The third-order valence-electron chi connectivity index (χ3n) is 3.33. The second kappa shape index (κ2) is 6.93. The zero-order valence-corrected chi connectivity index (χ0v) is 11.5. The Morgan fingerprint density at radius 3 is 2.24 bits per heavy atom. The van der Waals surface area contributed by atoms with Gasteiger partial charge in [0.25, 0.3) is 0 Å². The minimum atomic E-state index is -0.839. The third kappa shape index (κ3) is 4.26. The van der Waals surface area contributed by atoms with Crippen LogP contribution in [0.4, 0.5) is 5.69 Å². The van der Waals surface area contributed by atoms with Gasteiger partial charge in [-0.1, -0.05) is 12.1 Å². The topological polar surface area (TPSA) is 47.7 Å². The summed E-state index contributed by atoms with van der Waals surface area (Å²) in [6, 6.07) is 7.26. The van der Waals surface area contributed by atoms with Crippen molar-refractivity contribution in [1.29, 1.82) is 0 Å². The number of nitrogens with one attached hydrogen (secondary N) is 1. The van der Waals surface area contributed by atoms with Crippen LogP contribution in [0.3, 0.4) is 0 Å². The van der Waals surface area contributed by atoms with Crippen molar-refractivity contribution < 1.29 is 14.9 Å². The summed E-state index contributed by atoms with van der Waals surface area (Å²) in [7, 11) is 2.15. The lowest BCUT2D eigenvalue weighted by atomic mass is 10.1. The molecule has 4 nitrogen and oxygen atoms in total. The quantitative estimate of drug-likeness (QED) is 0.623. The van der Waals surface area contributed by atoms with Gasteiger partial charge in [-0.15, -0.1) is 12.4 Å². The van der Waals surface area contributed by atoms with Crippen LogP contribution >= 0.6 is 12.4 Å². The van der Waals surface area contributed by atoms with Crippen molar-refractivity contribution in [3.05, 3.63) is 35.0 Å². The second-order valence-electron chi connectivity index (χ2n) is 4.37. The summed E-state index contributed by atoms with van der Waals surface area (Å²) in [5, 5.41) is 19.3.